The van der Waals surface area contributed by atoms with Crippen LogP contribution < -0.4 is 0 Å². The number of halogens is 2. The summed E-state index contributed by atoms with van der Waals surface area (Å²) in [5.41, 5.74) is 1.14. The molecule has 1 aromatic heterocycles. The summed E-state index contributed by atoms with van der Waals surface area (Å²) in [6, 6.07) is 13.7. The minimum atomic E-state index is -0.640. The van der Waals surface area contributed by atoms with Gasteiger partial charge in [0.25, 0.3) is 0 Å². The number of carbonyl (C=O) groups is 1. The summed E-state index contributed by atoms with van der Waals surface area (Å²) in [5, 5.41) is 5.15. The van der Waals surface area contributed by atoms with Crippen LogP contribution in [0.4, 0.5) is 0 Å². The van der Waals surface area contributed by atoms with Gasteiger partial charge < -0.3 is 4.74 Å². The number of nitrogens with zero attached hydrogens (tertiary/aromatic N) is 3. The highest BCUT2D eigenvalue weighted by Crippen LogP contribution is 2.37. The van der Waals surface area contributed by atoms with Crippen molar-refractivity contribution in [2.45, 2.75) is 25.5 Å². The van der Waals surface area contributed by atoms with Crippen LogP contribution in [0.1, 0.15) is 41.4 Å². The topological polar surface area (TPSA) is 57.0 Å². The van der Waals surface area contributed by atoms with Crippen LogP contribution >= 0.6 is 23.2 Å². The van der Waals surface area contributed by atoms with Gasteiger partial charge in [-0.25, -0.2) is 14.5 Å². The number of aromatic nitrogens is 3. The Balaban J connectivity index is 1.99. The Morgan fingerprint density at radius 3 is 2.58 bits per heavy atom. The third kappa shape index (κ3) is 4.06. The van der Waals surface area contributed by atoms with E-state index < -0.39 is 12.1 Å². The van der Waals surface area contributed by atoms with Gasteiger partial charge in [0.15, 0.2) is 6.10 Å². The fraction of sp³-hybridized carbons (Fsp3) is 0.211. The Labute approximate surface area is 161 Å². The molecule has 2 atom stereocenters. The fourth-order valence-corrected chi connectivity index (χ4v) is 3.28. The second-order valence-electron chi connectivity index (χ2n) is 5.71. The number of carbonyl (C=O) groups excluding carboxylic acids is 1. The maximum atomic E-state index is 12.7. The second-order valence-corrected chi connectivity index (χ2v) is 6.55. The van der Waals surface area contributed by atoms with Crippen LogP contribution in [0.3, 0.4) is 0 Å². The molecule has 0 N–H and O–H groups in total. The van der Waals surface area contributed by atoms with Crippen molar-refractivity contribution in [2.75, 3.05) is 0 Å². The van der Waals surface area contributed by atoms with Crippen LogP contribution in [-0.2, 0) is 4.74 Å². The van der Waals surface area contributed by atoms with Crippen LogP contribution in [0, 0.1) is 0 Å². The van der Waals surface area contributed by atoms with E-state index in [1.807, 2.05) is 13.0 Å². The molecule has 5 nitrogen and oxygen atoms in total. The van der Waals surface area contributed by atoms with Crippen molar-refractivity contribution in [3.8, 4) is 0 Å². The molecule has 2 unspecified atom stereocenters. The monoisotopic (exact) mass is 389 g/mol. The molecule has 0 radical (unpaired) electrons. The van der Waals surface area contributed by atoms with Gasteiger partial charge in [0.1, 0.15) is 12.7 Å². The third-order valence-corrected chi connectivity index (χ3v) is 4.62. The first-order valence-electron chi connectivity index (χ1n) is 8.15. The van der Waals surface area contributed by atoms with Gasteiger partial charge in [-0.05, 0) is 30.7 Å². The molecule has 26 heavy (non-hydrogen) atoms. The van der Waals surface area contributed by atoms with Crippen molar-refractivity contribution in [3.05, 3.63) is 82.4 Å². The largest absolute Gasteiger partial charge is 0.452 e. The van der Waals surface area contributed by atoms with E-state index in [1.54, 1.807) is 53.5 Å². The summed E-state index contributed by atoms with van der Waals surface area (Å²) < 4.78 is 7.54. The van der Waals surface area contributed by atoms with Gasteiger partial charge >= 0.3 is 5.97 Å². The van der Waals surface area contributed by atoms with Crippen molar-refractivity contribution in [3.63, 3.8) is 0 Å². The number of esters is 1. The number of hydrogen-bond acceptors (Lipinski definition) is 4. The molecule has 0 saturated heterocycles. The molecule has 7 heteroatoms. The first-order chi connectivity index (χ1) is 12.6. The Hall–Kier alpha value is -2.37. The predicted molar refractivity (Wildman–Crippen MR) is 100 cm³/mol. The lowest BCUT2D eigenvalue weighted by molar-refractivity contribution is 0.0125. The van der Waals surface area contributed by atoms with Gasteiger partial charge in [0, 0.05) is 15.6 Å². The van der Waals surface area contributed by atoms with E-state index in [2.05, 4.69) is 10.1 Å². The molecule has 0 aliphatic carbocycles. The highest BCUT2D eigenvalue weighted by atomic mass is 35.5. The van der Waals surface area contributed by atoms with Crippen molar-refractivity contribution < 1.29 is 9.53 Å². The molecule has 0 aliphatic rings. The standard InChI is InChI=1S/C19H17Cl2N3O2/c1-2-17(24-12-22-11-23-24)18(15-9-8-14(20)10-16(15)21)26-19(25)13-6-4-3-5-7-13/h3-12,17-18H,2H2,1H3. The maximum absolute atomic E-state index is 12.7. The van der Waals surface area contributed by atoms with E-state index in [9.17, 15) is 4.79 Å². The minimum absolute atomic E-state index is 0.260. The number of rotatable bonds is 6. The summed E-state index contributed by atoms with van der Waals surface area (Å²) in [6.45, 7) is 1.99. The average Bonchev–Trinajstić information content (AvgIpc) is 3.17. The van der Waals surface area contributed by atoms with Gasteiger partial charge in [-0.1, -0.05) is 54.4 Å². The van der Waals surface area contributed by atoms with Crippen LogP contribution in [0.15, 0.2) is 61.2 Å². The molecule has 0 amide bonds. The highest BCUT2D eigenvalue weighted by molar-refractivity contribution is 6.35. The molecule has 134 valence electrons. The SMILES string of the molecule is CCC(C(OC(=O)c1ccccc1)c1ccc(Cl)cc1Cl)n1cncn1. The lowest BCUT2D eigenvalue weighted by Gasteiger charge is -2.27. The lowest BCUT2D eigenvalue weighted by Crippen LogP contribution is -2.23. The summed E-state index contributed by atoms with van der Waals surface area (Å²) in [6.07, 6.45) is 3.07. The van der Waals surface area contributed by atoms with Crippen LogP contribution in [0.5, 0.6) is 0 Å². The average molecular weight is 390 g/mol. The van der Waals surface area contributed by atoms with Gasteiger partial charge in [0.2, 0.25) is 0 Å². The van der Waals surface area contributed by atoms with Crippen molar-refractivity contribution in [2.24, 2.45) is 0 Å². The summed E-state index contributed by atoms with van der Waals surface area (Å²) >= 11 is 12.4. The van der Waals surface area contributed by atoms with Crippen molar-refractivity contribution in [1.82, 2.24) is 14.8 Å². The molecule has 0 aliphatic heterocycles. The predicted octanol–water partition coefficient (Wildman–Crippen LogP) is 5.13. The quantitative estimate of drug-likeness (QED) is 0.548. The first-order valence-corrected chi connectivity index (χ1v) is 8.90. The normalized spacial score (nSPS) is 13.2. The van der Waals surface area contributed by atoms with Gasteiger partial charge in [-0.15, -0.1) is 0 Å². The zero-order chi connectivity index (χ0) is 18.5. The Morgan fingerprint density at radius 2 is 1.96 bits per heavy atom. The molecule has 2 aromatic carbocycles. The van der Waals surface area contributed by atoms with E-state index in [-0.39, 0.29) is 6.04 Å². The Kier molecular flexibility index (Phi) is 5.91. The second kappa shape index (κ2) is 8.34. The van der Waals surface area contributed by atoms with Gasteiger partial charge in [-0.3, -0.25) is 0 Å². The summed E-state index contributed by atoms with van der Waals surface area (Å²) in [7, 11) is 0. The fourth-order valence-electron chi connectivity index (χ4n) is 2.77. The van der Waals surface area contributed by atoms with E-state index in [0.717, 1.165) is 0 Å². The number of ether oxygens (including phenoxy) is 1. The Bertz CT molecular complexity index is 870. The van der Waals surface area contributed by atoms with E-state index in [4.69, 9.17) is 27.9 Å². The zero-order valence-electron chi connectivity index (χ0n) is 14.0. The lowest BCUT2D eigenvalue weighted by atomic mass is 10.00. The molecular formula is C19H17Cl2N3O2. The number of hydrogen-bond donors (Lipinski definition) is 0. The molecule has 1 heterocycles. The summed E-state index contributed by atoms with van der Waals surface area (Å²) in [5.74, 6) is -0.430. The molecule has 3 rings (SSSR count). The minimum Gasteiger partial charge on any atom is -0.452 e. The molecule has 0 saturated carbocycles. The van der Waals surface area contributed by atoms with Gasteiger partial charge in [-0.2, -0.15) is 5.10 Å². The summed E-state index contributed by atoms with van der Waals surface area (Å²) in [4.78, 5) is 16.7. The molecular weight excluding hydrogens is 373 g/mol. The molecule has 0 bridgehead atoms. The van der Waals surface area contributed by atoms with Crippen molar-refractivity contribution >= 4 is 29.2 Å². The molecule has 3 aromatic rings. The van der Waals surface area contributed by atoms with Crippen molar-refractivity contribution in [1.29, 1.82) is 0 Å². The Morgan fingerprint density at radius 1 is 1.19 bits per heavy atom. The van der Waals surface area contributed by atoms with E-state index in [0.29, 0.717) is 27.6 Å². The zero-order valence-corrected chi connectivity index (χ0v) is 15.6. The third-order valence-electron chi connectivity index (χ3n) is 4.06. The van der Waals surface area contributed by atoms with Gasteiger partial charge in [0.05, 0.1) is 11.6 Å². The van der Waals surface area contributed by atoms with Crippen LogP contribution in [0.25, 0.3) is 0 Å². The molecule has 0 spiro atoms. The number of benzene rings is 2. The smallest absolute Gasteiger partial charge is 0.338 e. The van der Waals surface area contributed by atoms with E-state index in [1.165, 1.54) is 6.33 Å². The molecule has 0 fully saturated rings. The highest BCUT2D eigenvalue weighted by Gasteiger charge is 2.30. The maximum Gasteiger partial charge on any atom is 0.338 e. The van der Waals surface area contributed by atoms with Crippen LogP contribution in [0.2, 0.25) is 10.0 Å². The van der Waals surface area contributed by atoms with Crippen LogP contribution in [-0.4, -0.2) is 20.7 Å². The van der Waals surface area contributed by atoms with E-state index >= 15 is 0 Å². The first kappa shape index (κ1) is 18.4.